The first kappa shape index (κ1) is 32.2. The van der Waals surface area contributed by atoms with Crippen LogP contribution in [0.15, 0.2) is 66.7 Å². The number of rotatable bonds is 13. The SMILES string of the molecule is Cc1cc(CNO[C@@H](CO)C(=O)O)c(OCc2ccc(F)c(C#N)c2)cc1OCc1cccc(-c2ccc3c(c2)OCCO3)c1C. The number of hydroxylamine groups is 1. The number of aryl methyl sites for hydroxylation is 1. The van der Waals surface area contributed by atoms with E-state index in [-0.39, 0.29) is 25.3 Å². The number of ether oxygens (including phenoxy) is 4. The number of hydrogen-bond acceptors (Lipinski definition) is 9. The molecular formula is C35H33FN2O8. The molecule has 5 rings (SSSR count). The molecule has 46 heavy (non-hydrogen) atoms. The summed E-state index contributed by atoms with van der Waals surface area (Å²) in [6.07, 6.45) is -1.45. The van der Waals surface area contributed by atoms with Gasteiger partial charge in [0.15, 0.2) is 17.6 Å². The molecule has 3 N–H and O–H groups in total. The normalized spacial score (nSPS) is 12.7. The monoisotopic (exact) mass is 628 g/mol. The molecule has 1 aliphatic rings. The first-order chi connectivity index (χ1) is 22.3. The van der Waals surface area contributed by atoms with E-state index in [9.17, 15) is 19.6 Å². The Balaban J connectivity index is 1.36. The van der Waals surface area contributed by atoms with Crippen molar-refractivity contribution in [2.75, 3.05) is 19.8 Å². The predicted octanol–water partition coefficient (Wildman–Crippen LogP) is 5.38. The molecule has 0 radical (unpaired) electrons. The molecule has 0 saturated carbocycles. The van der Waals surface area contributed by atoms with Gasteiger partial charge in [0.2, 0.25) is 0 Å². The smallest absolute Gasteiger partial charge is 0.337 e. The van der Waals surface area contributed by atoms with Crippen molar-refractivity contribution in [1.29, 1.82) is 5.26 Å². The van der Waals surface area contributed by atoms with E-state index in [1.165, 1.54) is 18.2 Å². The predicted molar refractivity (Wildman–Crippen MR) is 165 cm³/mol. The van der Waals surface area contributed by atoms with Crippen LogP contribution in [0.5, 0.6) is 23.0 Å². The van der Waals surface area contributed by atoms with Gasteiger partial charge in [-0.1, -0.05) is 30.3 Å². The Morgan fingerprint density at radius 3 is 2.52 bits per heavy atom. The van der Waals surface area contributed by atoms with Crippen molar-refractivity contribution in [3.8, 4) is 40.2 Å². The minimum atomic E-state index is -1.45. The average Bonchev–Trinajstić information content (AvgIpc) is 3.06. The van der Waals surface area contributed by atoms with Gasteiger partial charge in [-0.2, -0.15) is 10.7 Å². The first-order valence-electron chi connectivity index (χ1n) is 14.6. The third-order valence-electron chi connectivity index (χ3n) is 7.52. The fraction of sp³-hybridized carbons (Fsp3) is 0.257. The van der Waals surface area contributed by atoms with Crippen molar-refractivity contribution in [3.05, 3.63) is 106 Å². The summed E-state index contributed by atoms with van der Waals surface area (Å²) in [4.78, 5) is 16.3. The fourth-order valence-corrected chi connectivity index (χ4v) is 4.97. The zero-order chi connectivity index (χ0) is 32.6. The van der Waals surface area contributed by atoms with Crippen molar-refractivity contribution in [2.45, 2.75) is 39.7 Å². The number of carbonyl (C=O) groups is 1. The number of aliphatic carboxylic acids is 1. The maximum Gasteiger partial charge on any atom is 0.337 e. The Kier molecular flexibility index (Phi) is 10.3. The van der Waals surface area contributed by atoms with Gasteiger partial charge < -0.3 is 29.2 Å². The van der Waals surface area contributed by atoms with E-state index in [0.717, 1.165) is 33.6 Å². The van der Waals surface area contributed by atoms with Crippen molar-refractivity contribution in [2.24, 2.45) is 0 Å². The van der Waals surface area contributed by atoms with Gasteiger partial charge in [0.1, 0.15) is 49.8 Å². The highest BCUT2D eigenvalue weighted by molar-refractivity contribution is 5.72. The molecule has 0 saturated heterocycles. The van der Waals surface area contributed by atoms with Crippen LogP contribution in [-0.2, 0) is 29.4 Å². The van der Waals surface area contributed by atoms with Gasteiger partial charge in [-0.3, -0.25) is 4.84 Å². The second-order valence-corrected chi connectivity index (χ2v) is 10.6. The van der Waals surface area contributed by atoms with E-state index in [0.29, 0.717) is 41.6 Å². The zero-order valence-corrected chi connectivity index (χ0v) is 25.3. The molecule has 1 heterocycles. The van der Waals surface area contributed by atoms with Gasteiger partial charge in [0, 0.05) is 18.2 Å². The summed E-state index contributed by atoms with van der Waals surface area (Å²) in [6.45, 7) is 4.57. The molecular weight excluding hydrogens is 595 g/mol. The van der Waals surface area contributed by atoms with Crippen LogP contribution in [0, 0.1) is 31.0 Å². The Labute approximate surface area is 265 Å². The summed E-state index contributed by atoms with van der Waals surface area (Å²) in [6, 6.07) is 21.4. The molecule has 11 heteroatoms. The van der Waals surface area contributed by atoms with Crippen LogP contribution in [0.3, 0.4) is 0 Å². The van der Waals surface area contributed by atoms with Crippen LogP contribution in [0.2, 0.25) is 0 Å². The highest BCUT2D eigenvalue weighted by Crippen LogP contribution is 2.37. The number of nitrogens with one attached hydrogen (secondary N) is 1. The van der Waals surface area contributed by atoms with Crippen molar-refractivity contribution < 1.29 is 43.2 Å². The largest absolute Gasteiger partial charge is 0.488 e. The number of nitriles is 1. The number of fused-ring (bicyclic) bond motifs is 1. The van der Waals surface area contributed by atoms with Gasteiger partial charge in [-0.25, -0.2) is 9.18 Å². The lowest BCUT2D eigenvalue weighted by atomic mass is 9.96. The molecule has 4 aromatic carbocycles. The number of carboxylic acids is 1. The van der Waals surface area contributed by atoms with E-state index in [4.69, 9.17) is 28.9 Å². The van der Waals surface area contributed by atoms with Crippen LogP contribution in [-0.4, -0.2) is 42.1 Å². The highest BCUT2D eigenvalue weighted by Gasteiger charge is 2.19. The first-order valence-corrected chi connectivity index (χ1v) is 14.6. The molecule has 0 aliphatic carbocycles. The Morgan fingerprint density at radius 1 is 0.978 bits per heavy atom. The van der Waals surface area contributed by atoms with E-state index < -0.39 is 24.5 Å². The Morgan fingerprint density at radius 2 is 1.76 bits per heavy atom. The topological polar surface area (TPSA) is 140 Å². The molecule has 0 unspecified atom stereocenters. The Hall–Kier alpha value is -5.15. The van der Waals surface area contributed by atoms with E-state index >= 15 is 0 Å². The number of nitrogens with zero attached hydrogens (tertiary/aromatic N) is 1. The molecule has 0 amide bonds. The third-order valence-corrected chi connectivity index (χ3v) is 7.52. The lowest BCUT2D eigenvalue weighted by Gasteiger charge is -2.20. The Bertz CT molecular complexity index is 1770. The summed E-state index contributed by atoms with van der Waals surface area (Å²) < 4.78 is 37.7. The minimum absolute atomic E-state index is 0.0242. The zero-order valence-electron chi connectivity index (χ0n) is 25.3. The maximum atomic E-state index is 13.9. The molecule has 0 bridgehead atoms. The number of halogens is 1. The maximum absolute atomic E-state index is 13.9. The van der Waals surface area contributed by atoms with E-state index in [2.05, 4.69) is 5.48 Å². The summed E-state index contributed by atoms with van der Waals surface area (Å²) in [5.74, 6) is 0.462. The van der Waals surface area contributed by atoms with Gasteiger partial charge in [-0.15, -0.1) is 0 Å². The van der Waals surface area contributed by atoms with Crippen LogP contribution in [0.25, 0.3) is 11.1 Å². The third kappa shape index (κ3) is 7.55. The second-order valence-electron chi connectivity index (χ2n) is 10.6. The number of benzene rings is 4. The second kappa shape index (κ2) is 14.8. The number of hydrogen-bond donors (Lipinski definition) is 3. The molecule has 1 aliphatic heterocycles. The van der Waals surface area contributed by atoms with Crippen molar-refractivity contribution >= 4 is 5.97 Å². The quantitative estimate of drug-likeness (QED) is 0.166. The lowest BCUT2D eigenvalue weighted by Crippen LogP contribution is -2.33. The van der Waals surface area contributed by atoms with Crippen LogP contribution >= 0.6 is 0 Å². The lowest BCUT2D eigenvalue weighted by molar-refractivity contribution is -0.159. The summed E-state index contributed by atoms with van der Waals surface area (Å²) >= 11 is 0. The number of aliphatic hydroxyl groups is 1. The molecule has 238 valence electrons. The number of aliphatic hydroxyl groups excluding tert-OH is 1. The van der Waals surface area contributed by atoms with Crippen LogP contribution in [0.4, 0.5) is 4.39 Å². The summed E-state index contributed by atoms with van der Waals surface area (Å²) in [5, 5.41) is 27.6. The number of carboxylic acid groups (broad SMARTS) is 1. The summed E-state index contributed by atoms with van der Waals surface area (Å²) in [5.41, 5.74) is 8.54. The molecule has 0 spiro atoms. The average molecular weight is 629 g/mol. The van der Waals surface area contributed by atoms with Gasteiger partial charge in [0.25, 0.3) is 0 Å². The molecule has 0 aromatic heterocycles. The minimum Gasteiger partial charge on any atom is -0.488 e. The molecule has 10 nitrogen and oxygen atoms in total. The van der Waals surface area contributed by atoms with E-state index in [1.807, 2.05) is 62.4 Å². The van der Waals surface area contributed by atoms with Crippen LogP contribution in [0.1, 0.15) is 33.4 Å². The molecule has 4 aromatic rings. The van der Waals surface area contributed by atoms with Gasteiger partial charge in [0.05, 0.1) is 12.2 Å². The summed E-state index contributed by atoms with van der Waals surface area (Å²) in [7, 11) is 0. The van der Waals surface area contributed by atoms with Gasteiger partial charge >= 0.3 is 5.97 Å². The standard InChI is InChI=1S/C35H33FN2O8/c1-21-12-27(17-38-46-34(18-39)35(40)41)32(44-19-23-6-8-29(36)26(13-23)16-37)15-31(21)45-20-25-4-3-5-28(22(25)2)24-7-9-30-33(14-24)43-11-10-42-30/h3-9,12-15,34,38-39H,10-11,17-20H2,1-2H3,(H,40,41)/t34-/m0/s1. The van der Waals surface area contributed by atoms with Gasteiger partial charge in [-0.05, 0) is 77.6 Å². The van der Waals surface area contributed by atoms with Crippen molar-refractivity contribution in [3.63, 3.8) is 0 Å². The van der Waals surface area contributed by atoms with E-state index in [1.54, 1.807) is 6.07 Å². The molecule has 0 fully saturated rings. The fourth-order valence-electron chi connectivity index (χ4n) is 4.97. The van der Waals surface area contributed by atoms with Crippen molar-refractivity contribution in [1.82, 2.24) is 5.48 Å². The molecule has 1 atom stereocenters. The highest BCUT2D eigenvalue weighted by atomic mass is 19.1. The van der Waals surface area contributed by atoms with Crippen LogP contribution < -0.4 is 24.4 Å².